The van der Waals surface area contributed by atoms with E-state index in [4.69, 9.17) is 14.6 Å². The number of carboxylic acids is 1. The van der Waals surface area contributed by atoms with Gasteiger partial charge in [0.05, 0.1) is 25.7 Å². The van der Waals surface area contributed by atoms with Gasteiger partial charge in [0.2, 0.25) is 0 Å². The summed E-state index contributed by atoms with van der Waals surface area (Å²) in [5, 5.41) is 11.9. The first-order valence-corrected chi connectivity index (χ1v) is 8.70. The number of aliphatic carboxylic acids is 1. The minimum absolute atomic E-state index is 0.0493. The number of methoxy groups -OCH3 is 1. The number of carboxylic acid groups (broad SMARTS) is 1. The normalized spacial score (nSPS) is 15.4. The van der Waals surface area contributed by atoms with Gasteiger partial charge in [0.1, 0.15) is 0 Å². The molecule has 1 aromatic rings. The first kappa shape index (κ1) is 19.1. The maximum atomic E-state index is 12.5. The second kappa shape index (κ2) is 8.23. The van der Waals surface area contributed by atoms with Crippen LogP contribution in [0.4, 0.5) is 0 Å². The fraction of sp³-hybridized carbons (Fsp3) is 0.579. The highest BCUT2D eigenvalue weighted by Crippen LogP contribution is 2.35. The Hall–Kier alpha value is -2.24. The average molecular weight is 349 g/mol. The summed E-state index contributed by atoms with van der Waals surface area (Å²) in [4.78, 5) is 23.5. The van der Waals surface area contributed by atoms with E-state index < -0.39 is 11.5 Å². The second-order valence-electron chi connectivity index (χ2n) is 7.06. The molecule has 0 aromatic heterocycles. The van der Waals surface area contributed by atoms with Crippen molar-refractivity contribution < 1.29 is 24.2 Å². The van der Waals surface area contributed by atoms with Crippen molar-refractivity contribution in [2.45, 2.75) is 51.5 Å². The quantitative estimate of drug-likeness (QED) is 0.715. The fourth-order valence-corrected chi connectivity index (χ4v) is 2.88. The summed E-state index contributed by atoms with van der Waals surface area (Å²) in [7, 11) is 1.53. The molecular formula is C19H27NO5. The topological polar surface area (TPSA) is 84.9 Å². The number of rotatable bonds is 9. The smallest absolute Gasteiger partial charge is 0.305 e. The number of ether oxygens (including phenoxy) is 2. The van der Waals surface area contributed by atoms with Gasteiger partial charge >= 0.3 is 5.97 Å². The summed E-state index contributed by atoms with van der Waals surface area (Å²) < 4.78 is 11.1. The second-order valence-corrected chi connectivity index (χ2v) is 7.06. The van der Waals surface area contributed by atoms with Crippen molar-refractivity contribution in [1.29, 1.82) is 0 Å². The Morgan fingerprint density at radius 3 is 2.52 bits per heavy atom. The van der Waals surface area contributed by atoms with Gasteiger partial charge in [-0.25, -0.2) is 0 Å². The van der Waals surface area contributed by atoms with Gasteiger partial charge in [-0.3, -0.25) is 9.59 Å². The maximum Gasteiger partial charge on any atom is 0.305 e. The summed E-state index contributed by atoms with van der Waals surface area (Å²) in [5.74, 6) is 0.462. The average Bonchev–Trinajstić information content (AvgIpc) is 2.52. The van der Waals surface area contributed by atoms with Gasteiger partial charge in [-0.2, -0.15) is 0 Å². The molecule has 2 rings (SSSR count). The van der Waals surface area contributed by atoms with E-state index in [1.165, 1.54) is 7.11 Å². The van der Waals surface area contributed by atoms with Crippen molar-refractivity contribution in [1.82, 2.24) is 5.32 Å². The molecule has 1 amide bonds. The molecule has 0 atom stereocenters. The Bertz CT molecular complexity index is 622. The van der Waals surface area contributed by atoms with Gasteiger partial charge < -0.3 is 19.9 Å². The van der Waals surface area contributed by atoms with Crippen molar-refractivity contribution >= 4 is 11.9 Å². The number of carbonyl (C=O) groups excluding carboxylic acids is 1. The van der Waals surface area contributed by atoms with Crippen LogP contribution in [0.25, 0.3) is 0 Å². The van der Waals surface area contributed by atoms with Gasteiger partial charge in [-0.05, 0) is 49.8 Å². The summed E-state index contributed by atoms with van der Waals surface area (Å²) in [6.07, 6.45) is 3.20. The van der Waals surface area contributed by atoms with E-state index in [0.717, 1.165) is 12.8 Å². The molecule has 6 nitrogen and oxygen atoms in total. The van der Waals surface area contributed by atoms with Crippen LogP contribution in [0, 0.1) is 5.92 Å². The van der Waals surface area contributed by atoms with Crippen LogP contribution in [-0.2, 0) is 4.79 Å². The zero-order chi connectivity index (χ0) is 18.4. The SMILES string of the molecule is COc1cc(C(=O)NC2(CC(=O)O)CCC2)ccc1OCCC(C)C. The highest BCUT2D eigenvalue weighted by Gasteiger charge is 2.40. The van der Waals surface area contributed by atoms with Crippen molar-refractivity contribution in [3.8, 4) is 11.5 Å². The molecule has 0 spiro atoms. The molecule has 1 aromatic carbocycles. The van der Waals surface area contributed by atoms with Gasteiger partial charge in [-0.15, -0.1) is 0 Å². The lowest BCUT2D eigenvalue weighted by molar-refractivity contribution is -0.139. The molecule has 25 heavy (non-hydrogen) atoms. The monoisotopic (exact) mass is 349 g/mol. The molecule has 0 bridgehead atoms. The van der Waals surface area contributed by atoms with Crippen LogP contribution >= 0.6 is 0 Å². The van der Waals surface area contributed by atoms with Crippen LogP contribution in [0.2, 0.25) is 0 Å². The predicted molar refractivity (Wildman–Crippen MR) is 94.2 cm³/mol. The zero-order valence-electron chi connectivity index (χ0n) is 15.1. The van der Waals surface area contributed by atoms with Gasteiger partial charge in [0, 0.05) is 5.56 Å². The Morgan fingerprint density at radius 2 is 2.00 bits per heavy atom. The number of nitrogens with one attached hydrogen (secondary N) is 1. The predicted octanol–water partition coefficient (Wildman–Crippen LogP) is 3.25. The van der Waals surface area contributed by atoms with E-state index in [-0.39, 0.29) is 12.3 Å². The number of hydrogen-bond donors (Lipinski definition) is 2. The molecule has 2 N–H and O–H groups in total. The number of hydrogen-bond acceptors (Lipinski definition) is 4. The molecule has 0 heterocycles. The van der Waals surface area contributed by atoms with Crippen molar-refractivity contribution in [3.05, 3.63) is 23.8 Å². The van der Waals surface area contributed by atoms with E-state index >= 15 is 0 Å². The van der Waals surface area contributed by atoms with E-state index in [1.54, 1.807) is 18.2 Å². The van der Waals surface area contributed by atoms with Crippen LogP contribution in [-0.4, -0.2) is 36.2 Å². The van der Waals surface area contributed by atoms with Crippen LogP contribution in [0.15, 0.2) is 18.2 Å². The van der Waals surface area contributed by atoms with Gasteiger partial charge in [0.25, 0.3) is 5.91 Å². The summed E-state index contributed by atoms with van der Waals surface area (Å²) >= 11 is 0. The molecule has 0 radical (unpaired) electrons. The van der Waals surface area contributed by atoms with Crippen LogP contribution in [0.3, 0.4) is 0 Å². The van der Waals surface area contributed by atoms with E-state index in [0.29, 0.717) is 42.4 Å². The summed E-state index contributed by atoms with van der Waals surface area (Å²) in [6.45, 7) is 4.84. The Kier molecular flexibility index (Phi) is 6.28. The van der Waals surface area contributed by atoms with Crippen LogP contribution < -0.4 is 14.8 Å². The largest absolute Gasteiger partial charge is 0.493 e. The lowest BCUT2D eigenvalue weighted by atomic mass is 9.74. The third-order valence-electron chi connectivity index (χ3n) is 4.56. The molecule has 1 saturated carbocycles. The fourth-order valence-electron chi connectivity index (χ4n) is 2.88. The molecular weight excluding hydrogens is 322 g/mol. The highest BCUT2D eigenvalue weighted by molar-refractivity contribution is 5.95. The lowest BCUT2D eigenvalue weighted by Gasteiger charge is -2.41. The molecule has 0 unspecified atom stereocenters. The molecule has 1 fully saturated rings. The first-order chi connectivity index (χ1) is 11.8. The Labute approximate surface area is 148 Å². The van der Waals surface area contributed by atoms with Crippen molar-refractivity contribution in [2.75, 3.05) is 13.7 Å². The van der Waals surface area contributed by atoms with Gasteiger partial charge in [-0.1, -0.05) is 13.8 Å². The number of benzene rings is 1. The molecule has 1 aliphatic rings. The molecule has 0 saturated heterocycles. The molecule has 0 aliphatic heterocycles. The first-order valence-electron chi connectivity index (χ1n) is 8.70. The minimum Gasteiger partial charge on any atom is -0.493 e. The van der Waals surface area contributed by atoms with Crippen molar-refractivity contribution in [3.63, 3.8) is 0 Å². The van der Waals surface area contributed by atoms with Crippen LogP contribution in [0.5, 0.6) is 11.5 Å². The number of carbonyl (C=O) groups is 2. The third-order valence-corrected chi connectivity index (χ3v) is 4.56. The molecule has 138 valence electrons. The van der Waals surface area contributed by atoms with E-state index in [9.17, 15) is 9.59 Å². The molecule has 6 heteroatoms. The minimum atomic E-state index is -0.897. The Balaban J connectivity index is 2.06. The Morgan fingerprint density at radius 1 is 1.28 bits per heavy atom. The lowest BCUT2D eigenvalue weighted by Crippen LogP contribution is -2.54. The summed E-state index contributed by atoms with van der Waals surface area (Å²) in [5.41, 5.74) is -0.188. The number of amides is 1. The van der Waals surface area contributed by atoms with Gasteiger partial charge in [0.15, 0.2) is 11.5 Å². The van der Waals surface area contributed by atoms with E-state index in [2.05, 4.69) is 19.2 Å². The van der Waals surface area contributed by atoms with Crippen LogP contribution in [0.1, 0.15) is 56.3 Å². The standard InChI is InChI=1S/C19H27NO5/c1-13(2)7-10-25-15-6-5-14(11-16(15)24-3)18(23)20-19(8-4-9-19)12-17(21)22/h5-6,11,13H,4,7-10,12H2,1-3H3,(H,20,23)(H,21,22). The molecule has 1 aliphatic carbocycles. The zero-order valence-corrected chi connectivity index (χ0v) is 15.1. The van der Waals surface area contributed by atoms with Crippen molar-refractivity contribution in [2.24, 2.45) is 5.92 Å². The van der Waals surface area contributed by atoms with E-state index in [1.807, 2.05) is 0 Å². The summed E-state index contributed by atoms with van der Waals surface area (Å²) in [6, 6.07) is 5.03. The maximum absolute atomic E-state index is 12.5. The third kappa shape index (κ3) is 5.11. The highest BCUT2D eigenvalue weighted by atomic mass is 16.5.